The van der Waals surface area contributed by atoms with Crippen molar-refractivity contribution < 1.29 is 35.5 Å². The van der Waals surface area contributed by atoms with Crippen molar-refractivity contribution in [1.29, 1.82) is 0 Å². The van der Waals surface area contributed by atoms with E-state index < -0.39 is 23.9 Å². The highest BCUT2D eigenvalue weighted by atomic mass is 19.4. The molecule has 0 saturated carbocycles. The van der Waals surface area contributed by atoms with Crippen molar-refractivity contribution >= 4 is 5.91 Å². The molecule has 0 bridgehead atoms. The molecule has 0 heterocycles. The van der Waals surface area contributed by atoms with Gasteiger partial charge in [0.05, 0.1) is 0 Å². The highest BCUT2D eigenvalue weighted by Crippen LogP contribution is 2.46. The Morgan fingerprint density at radius 3 is 1.85 bits per heavy atom. The minimum absolute atomic E-state index is 0.236. The Morgan fingerprint density at radius 2 is 1.40 bits per heavy atom. The molecule has 0 spiro atoms. The smallest absolute Gasteiger partial charge is 0.351 e. The van der Waals surface area contributed by atoms with Gasteiger partial charge in [0.25, 0.3) is 5.91 Å². The van der Waals surface area contributed by atoms with Crippen molar-refractivity contribution in [3.05, 3.63) is 0 Å². The van der Waals surface area contributed by atoms with Gasteiger partial charge in [-0.15, -0.1) is 0 Å². The first-order valence-electron chi connectivity index (χ1n) is 6.09. The van der Waals surface area contributed by atoms with Crippen LogP contribution in [-0.2, 0) is 4.79 Å². The molecular formula is C11H16F7NO. The minimum Gasteiger partial charge on any atom is -0.351 e. The summed E-state index contributed by atoms with van der Waals surface area (Å²) in [5.74, 6) is -14.8. The first kappa shape index (κ1) is 19.0. The van der Waals surface area contributed by atoms with E-state index in [1.165, 1.54) is 5.32 Å². The third-order valence-corrected chi connectivity index (χ3v) is 2.60. The third-order valence-electron chi connectivity index (χ3n) is 2.60. The number of rotatable bonds is 8. The lowest BCUT2D eigenvalue weighted by atomic mass is 10.1. The number of hydrogen-bond donors (Lipinski definition) is 1. The lowest BCUT2D eigenvalue weighted by Gasteiger charge is -2.27. The second kappa shape index (κ2) is 7.12. The maximum atomic E-state index is 12.8. The Hall–Kier alpha value is -1.02. The predicted octanol–water partition coefficient (Wildman–Crippen LogP) is 3.91. The van der Waals surface area contributed by atoms with Crippen LogP contribution in [0.25, 0.3) is 0 Å². The van der Waals surface area contributed by atoms with Gasteiger partial charge < -0.3 is 5.32 Å². The third kappa shape index (κ3) is 4.52. The molecule has 0 aliphatic heterocycles. The molecule has 1 N–H and O–H groups in total. The summed E-state index contributed by atoms with van der Waals surface area (Å²) in [4.78, 5) is 10.8. The predicted molar refractivity (Wildman–Crippen MR) is 57.7 cm³/mol. The summed E-state index contributed by atoms with van der Waals surface area (Å²) >= 11 is 0. The molecule has 0 radical (unpaired) electrons. The van der Waals surface area contributed by atoms with Gasteiger partial charge in [-0.2, -0.15) is 30.7 Å². The standard InChI is InChI=1S/C11H16F7NO/c1-2-3-4-5-6-7-19-8(20)9(12,13)10(14,15)11(16,17)18/h2-7H2,1H3,(H,19,20). The molecule has 0 rings (SSSR count). The Labute approximate surface area is 111 Å². The number of amides is 1. The molecule has 0 aromatic heterocycles. The summed E-state index contributed by atoms with van der Waals surface area (Å²) < 4.78 is 86.1. The van der Waals surface area contributed by atoms with E-state index in [9.17, 15) is 35.5 Å². The van der Waals surface area contributed by atoms with E-state index in [1.54, 1.807) is 0 Å². The summed E-state index contributed by atoms with van der Waals surface area (Å²) in [5.41, 5.74) is 0. The first-order valence-corrected chi connectivity index (χ1v) is 6.09. The monoisotopic (exact) mass is 311 g/mol. The second-order valence-electron chi connectivity index (χ2n) is 4.32. The number of unbranched alkanes of at least 4 members (excludes halogenated alkanes) is 4. The van der Waals surface area contributed by atoms with Crippen LogP contribution in [0, 0.1) is 0 Å². The van der Waals surface area contributed by atoms with Crippen molar-refractivity contribution in [2.45, 2.75) is 57.0 Å². The zero-order valence-electron chi connectivity index (χ0n) is 10.8. The summed E-state index contributed by atoms with van der Waals surface area (Å²) in [7, 11) is 0. The fourth-order valence-corrected chi connectivity index (χ4v) is 1.36. The molecule has 0 unspecified atom stereocenters. The Morgan fingerprint density at radius 1 is 0.900 bits per heavy atom. The van der Waals surface area contributed by atoms with Crippen molar-refractivity contribution in [1.82, 2.24) is 5.32 Å². The van der Waals surface area contributed by atoms with E-state index in [1.807, 2.05) is 6.92 Å². The van der Waals surface area contributed by atoms with Crippen LogP contribution < -0.4 is 5.32 Å². The fourth-order valence-electron chi connectivity index (χ4n) is 1.36. The Kier molecular flexibility index (Phi) is 6.76. The highest BCUT2D eigenvalue weighted by molar-refractivity contribution is 5.84. The molecule has 120 valence electrons. The average Bonchev–Trinajstić information content (AvgIpc) is 2.31. The molecule has 9 heteroatoms. The first-order chi connectivity index (χ1) is 8.98. The van der Waals surface area contributed by atoms with Gasteiger partial charge in [0.1, 0.15) is 0 Å². The quantitative estimate of drug-likeness (QED) is 0.534. The van der Waals surface area contributed by atoms with Crippen molar-refractivity contribution in [2.24, 2.45) is 0 Å². The van der Waals surface area contributed by atoms with Gasteiger partial charge >= 0.3 is 18.0 Å². The summed E-state index contributed by atoms with van der Waals surface area (Å²) in [6.07, 6.45) is -3.12. The van der Waals surface area contributed by atoms with Crippen LogP contribution in [0.5, 0.6) is 0 Å². The van der Waals surface area contributed by atoms with E-state index in [0.29, 0.717) is 6.42 Å². The maximum Gasteiger partial charge on any atom is 0.460 e. The van der Waals surface area contributed by atoms with Crippen LogP contribution >= 0.6 is 0 Å². The van der Waals surface area contributed by atoms with Crippen molar-refractivity contribution in [3.8, 4) is 0 Å². The van der Waals surface area contributed by atoms with Gasteiger partial charge in [-0.05, 0) is 6.42 Å². The van der Waals surface area contributed by atoms with Gasteiger partial charge in [0.15, 0.2) is 0 Å². The zero-order chi connectivity index (χ0) is 16.0. The molecule has 0 aliphatic carbocycles. The lowest BCUT2D eigenvalue weighted by molar-refractivity contribution is -0.344. The lowest BCUT2D eigenvalue weighted by Crippen LogP contribution is -2.59. The molecule has 2 nitrogen and oxygen atoms in total. The fraction of sp³-hybridized carbons (Fsp3) is 0.909. The summed E-state index contributed by atoms with van der Waals surface area (Å²) in [6, 6.07) is 0. The molecule has 0 aromatic rings. The number of nitrogens with one attached hydrogen (secondary N) is 1. The number of alkyl halides is 7. The molecule has 0 aliphatic rings. The van der Waals surface area contributed by atoms with Gasteiger partial charge in [-0.1, -0.05) is 32.6 Å². The van der Waals surface area contributed by atoms with E-state index in [4.69, 9.17) is 0 Å². The number of hydrogen-bond acceptors (Lipinski definition) is 1. The van der Waals surface area contributed by atoms with Gasteiger partial charge in [0.2, 0.25) is 0 Å². The number of carbonyl (C=O) groups is 1. The largest absolute Gasteiger partial charge is 0.460 e. The van der Waals surface area contributed by atoms with Gasteiger partial charge in [-0.3, -0.25) is 4.79 Å². The summed E-state index contributed by atoms with van der Waals surface area (Å²) in [5, 5.41) is 1.41. The van der Waals surface area contributed by atoms with E-state index in [2.05, 4.69) is 0 Å². The average molecular weight is 311 g/mol. The Bertz CT molecular complexity index is 314. The molecule has 0 aromatic carbocycles. The molecule has 0 saturated heterocycles. The minimum atomic E-state index is -6.49. The molecule has 1 amide bonds. The molecular weight excluding hydrogens is 295 g/mol. The van der Waals surface area contributed by atoms with Crippen LogP contribution in [0.4, 0.5) is 30.7 Å². The molecule has 20 heavy (non-hydrogen) atoms. The van der Waals surface area contributed by atoms with E-state index in [-0.39, 0.29) is 13.0 Å². The van der Waals surface area contributed by atoms with Crippen LogP contribution in [-0.4, -0.2) is 30.5 Å². The highest BCUT2D eigenvalue weighted by Gasteiger charge is 2.76. The van der Waals surface area contributed by atoms with Crippen LogP contribution in [0.15, 0.2) is 0 Å². The topological polar surface area (TPSA) is 29.1 Å². The summed E-state index contributed by atoms with van der Waals surface area (Å²) in [6.45, 7) is 1.56. The van der Waals surface area contributed by atoms with Crippen molar-refractivity contribution in [2.75, 3.05) is 6.54 Å². The zero-order valence-corrected chi connectivity index (χ0v) is 10.8. The van der Waals surface area contributed by atoms with E-state index >= 15 is 0 Å². The molecule has 0 fully saturated rings. The number of carbonyl (C=O) groups excluding carboxylic acids is 1. The molecule has 0 atom stereocenters. The SMILES string of the molecule is CCCCCCCNC(=O)C(F)(F)C(F)(F)C(F)(F)F. The maximum absolute atomic E-state index is 12.8. The Balaban J connectivity index is 4.39. The number of halogens is 7. The van der Waals surface area contributed by atoms with Gasteiger partial charge in [-0.25, -0.2) is 0 Å². The second-order valence-corrected chi connectivity index (χ2v) is 4.32. The van der Waals surface area contributed by atoms with Gasteiger partial charge in [0, 0.05) is 6.54 Å². The normalized spacial score (nSPS) is 13.4. The van der Waals surface area contributed by atoms with E-state index in [0.717, 1.165) is 19.3 Å². The van der Waals surface area contributed by atoms with Crippen LogP contribution in [0.2, 0.25) is 0 Å². The van der Waals surface area contributed by atoms with Crippen molar-refractivity contribution in [3.63, 3.8) is 0 Å². The van der Waals surface area contributed by atoms with Crippen LogP contribution in [0.1, 0.15) is 39.0 Å². The van der Waals surface area contributed by atoms with Crippen LogP contribution in [0.3, 0.4) is 0 Å².